The lowest BCUT2D eigenvalue weighted by molar-refractivity contribution is 0.672. The fourth-order valence-corrected chi connectivity index (χ4v) is 7.18. The van der Waals surface area contributed by atoms with E-state index in [0.717, 1.165) is 76.8 Å². The Hall–Kier alpha value is -6.18. The van der Waals surface area contributed by atoms with Gasteiger partial charge in [-0.1, -0.05) is 84.9 Å². The molecule has 10 aromatic rings. The van der Waals surface area contributed by atoms with Crippen LogP contribution in [-0.2, 0) is 0 Å². The van der Waals surface area contributed by atoms with Gasteiger partial charge in [0.1, 0.15) is 16.7 Å². The van der Waals surface area contributed by atoms with Crippen LogP contribution < -0.4 is 0 Å². The molecule has 4 nitrogen and oxygen atoms in total. The Balaban J connectivity index is 1.29. The van der Waals surface area contributed by atoms with Crippen LogP contribution in [0.25, 0.3) is 93.0 Å². The van der Waals surface area contributed by atoms with Crippen molar-refractivity contribution in [2.24, 2.45) is 0 Å². The van der Waals surface area contributed by atoms with Crippen molar-refractivity contribution in [2.45, 2.75) is 0 Å². The van der Waals surface area contributed by atoms with Gasteiger partial charge in [0.2, 0.25) is 0 Å². The summed E-state index contributed by atoms with van der Waals surface area (Å²) in [4.78, 5) is 5.06. The molecule has 0 atom stereocenters. The van der Waals surface area contributed by atoms with Crippen LogP contribution in [0.4, 0.5) is 0 Å². The minimum absolute atomic E-state index is 0.673. The lowest BCUT2D eigenvalue weighted by Crippen LogP contribution is -1.89. The fourth-order valence-electron chi connectivity index (χ4n) is 7.18. The van der Waals surface area contributed by atoms with E-state index >= 15 is 0 Å². The molecule has 10 rings (SSSR count). The van der Waals surface area contributed by atoms with Crippen molar-refractivity contribution in [3.63, 3.8) is 0 Å². The highest BCUT2D eigenvalue weighted by molar-refractivity contribution is 6.26. The first-order valence-electron chi connectivity index (χ1n) is 14.7. The summed E-state index contributed by atoms with van der Waals surface area (Å²) in [6.07, 6.45) is 0. The summed E-state index contributed by atoms with van der Waals surface area (Å²) in [6, 6.07) is 46.7. The van der Waals surface area contributed by atoms with Crippen molar-refractivity contribution in [3.8, 4) is 17.2 Å². The molecule has 3 heterocycles. The fraction of sp³-hybridized carbons (Fsp3) is 0. The second kappa shape index (κ2) is 8.44. The number of rotatable bonds is 1. The average molecular weight is 560 g/mol. The van der Waals surface area contributed by atoms with Crippen LogP contribution in [0.1, 0.15) is 5.56 Å². The molecule has 0 aliphatic rings. The largest absolute Gasteiger partial charge is 0.454 e. The molecule has 44 heavy (non-hydrogen) atoms. The topological polar surface area (TPSA) is 54.2 Å². The van der Waals surface area contributed by atoms with Crippen molar-refractivity contribution >= 4 is 81.8 Å². The molecule has 0 radical (unpaired) electrons. The molecule has 3 aromatic heterocycles. The maximum absolute atomic E-state index is 9.56. The highest BCUT2D eigenvalue weighted by Crippen LogP contribution is 2.41. The minimum Gasteiger partial charge on any atom is -0.454 e. The Kier molecular flexibility index (Phi) is 4.49. The van der Waals surface area contributed by atoms with Gasteiger partial charge in [-0.05, 0) is 85.9 Å². The number of furan rings is 1. The van der Waals surface area contributed by atoms with Gasteiger partial charge in [-0.15, -0.1) is 0 Å². The maximum atomic E-state index is 9.56. The second-order valence-electron chi connectivity index (χ2n) is 11.5. The molecule has 0 bridgehead atoms. The molecular formula is C40H21N3O. The first-order chi connectivity index (χ1) is 21.8. The van der Waals surface area contributed by atoms with Crippen molar-refractivity contribution in [1.29, 1.82) is 5.26 Å². The third-order valence-corrected chi connectivity index (χ3v) is 9.16. The predicted molar refractivity (Wildman–Crippen MR) is 180 cm³/mol. The molecule has 0 N–H and O–H groups in total. The third kappa shape index (κ3) is 3.02. The summed E-state index contributed by atoms with van der Waals surface area (Å²) >= 11 is 0. The molecular weight excluding hydrogens is 538 g/mol. The van der Waals surface area contributed by atoms with Crippen LogP contribution in [0.15, 0.2) is 132 Å². The van der Waals surface area contributed by atoms with Crippen molar-refractivity contribution < 1.29 is 4.42 Å². The van der Waals surface area contributed by atoms with Gasteiger partial charge < -0.3 is 4.42 Å². The monoisotopic (exact) mass is 559 g/mol. The molecule has 0 amide bonds. The molecule has 0 saturated carbocycles. The minimum atomic E-state index is 0.673. The number of para-hydroxylation sites is 2. The number of imidazole rings is 1. The lowest BCUT2D eigenvalue weighted by Gasteiger charge is -2.12. The van der Waals surface area contributed by atoms with Gasteiger partial charge in [0.25, 0.3) is 0 Å². The molecule has 0 aliphatic heterocycles. The lowest BCUT2D eigenvalue weighted by atomic mass is 9.91. The zero-order valence-corrected chi connectivity index (χ0v) is 23.4. The molecule has 0 saturated heterocycles. The Morgan fingerprint density at radius 1 is 0.545 bits per heavy atom. The molecule has 7 aromatic carbocycles. The van der Waals surface area contributed by atoms with E-state index in [2.05, 4.69) is 120 Å². The first-order valence-corrected chi connectivity index (χ1v) is 14.7. The highest BCUT2D eigenvalue weighted by Gasteiger charge is 2.20. The number of hydrogen-bond donors (Lipinski definition) is 0. The number of benzene rings is 7. The number of nitrogens with zero attached hydrogens (tertiary/aromatic N) is 3. The van der Waals surface area contributed by atoms with E-state index in [0.29, 0.717) is 5.56 Å². The Labute approximate surface area is 250 Å². The Bertz CT molecular complexity index is 2880. The molecule has 0 fully saturated rings. The zero-order valence-electron chi connectivity index (χ0n) is 23.4. The number of hydrogen-bond acceptors (Lipinski definition) is 3. The van der Waals surface area contributed by atoms with Gasteiger partial charge in [-0.2, -0.15) is 5.26 Å². The third-order valence-electron chi connectivity index (χ3n) is 9.16. The van der Waals surface area contributed by atoms with Crippen LogP contribution in [0.3, 0.4) is 0 Å². The van der Waals surface area contributed by atoms with Gasteiger partial charge in [0.05, 0.1) is 22.7 Å². The van der Waals surface area contributed by atoms with E-state index in [4.69, 9.17) is 9.40 Å². The smallest absolute Gasteiger partial charge is 0.160 e. The standard InChI is InChI=1S/C40H21N3O/c41-22-23-13-16-28-29-17-14-24(20-33(29)27-8-2-1-7-26(27)32(28)19-23)25-15-18-37-34(21-25)38-39(44-37)30-9-3-4-10-31(30)40-42-35-11-5-6-12-36(35)43(38)40/h1-21H. The van der Waals surface area contributed by atoms with Crippen LogP contribution in [0, 0.1) is 11.3 Å². The van der Waals surface area contributed by atoms with Crippen molar-refractivity contribution in [2.75, 3.05) is 0 Å². The van der Waals surface area contributed by atoms with E-state index in [9.17, 15) is 5.26 Å². The summed E-state index contributed by atoms with van der Waals surface area (Å²) in [7, 11) is 0. The van der Waals surface area contributed by atoms with E-state index in [1.54, 1.807) is 0 Å². The summed E-state index contributed by atoms with van der Waals surface area (Å²) in [5.41, 5.74) is 8.66. The van der Waals surface area contributed by atoms with Crippen LogP contribution in [0.2, 0.25) is 0 Å². The Morgan fingerprint density at radius 2 is 1.16 bits per heavy atom. The van der Waals surface area contributed by atoms with Crippen molar-refractivity contribution in [1.82, 2.24) is 9.38 Å². The predicted octanol–water partition coefficient (Wildman–Crippen LogP) is 10.5. The van der Waals surface area contributed by atoms with E-state index < -0.39 is 0 Å². The molecule has 0 spiro atoms. The summed E-state index contributed by atoms with van der Waals surface area (Å²) in [6.45, 7) is 0. The number of pyridine rings is 1. The summed E-state index contributed by atoms with van der Waals surface area (Å²) in [5.74, 6) is 0. The average Bonchev–Trinajstić information content (AvgIpc) is 3.67. The van der Waals surface area contributed by atoms with E-state index in [-0.39, 0.29) is 0 Å². The molecule has 0 unspecified atom stereocenters. The number of aromatic nitrogens is 2. The zero-order chi connectivity index (χ0) is 28.9. The SMILES string of the molecule is N#Cc1ccc2c3ccc(-c4ccc5oc6c7ccccc7c7nc8ccccc8n7c6c5c4)cc3c3ccccc3c2c1. The van der Waals surface area contributed by atoms with Gasteiger partial charge in [0.15, 0.2) is 5.58 Å². The molecule has 202 valence electrons. The van der Waals surface area contributed by atoms with Gasteiger partial charge in [-0.25, -0.2) is 4.98 Å². The highest BCUT2D eigenvalue weighted by atomic mass is 16.3. The van der Waals surface area contributed by atoms with Gasteiger partial charge in [0, 0.05) is 16.2 Å². The van der Waals surface area contributed by atoms with Gasteiger partial charge in [-0.3, -0.25) is 4.40 Å². The quantitative estimate of drug-likeness (QED) is 0.188. The van der Waals surface area contributed by atoms with E-state index in [1.165, 1.54) is 16.2 Å². The number of nitriles is 1. The number of fused-ring (bicyclic) bond motifs is 16. The van der Waals surface area contributed by atoms with Crippen molar-refractivity contribution in [3.05, 3.63) is 133 Å². The maximum Gasteiger partial charge on any atom is 0.160 e. The molecule has 4 heteroatoms. The normalized spacial score (nSPS) is 12.1. The Morgan fingerprint density at radius 3 is 1.95 bits per heavy atom. The van der Waals surface area contributed by atoms with E-state index in [1.807, 2.05) is 18.2 Å². The van der Waals surface area contributed by atoms with Crippen LogP contribution in [-0.4, -0.2) is 9.38 Å². The second-order valence-corrected chi connectivity index (χ2v) is 11.5. The summed E-state index contributed by atoms with van der Waals surface area (Å²) < 4.78 is 8.87. The van der Waals surface area contributed by atoms with Gasteiger partial charge >= 0.3 is 0 Å². The molecule has 0 aliphatic carbocycles. The summed E-state index contributed by atoms with van der Waals surface area (Å²) in [5, 5.41) is 19.7. The van der Waals surface area contributed by atoms with Crippen LogP contribution >= 0.6 is 0 Å². The van der Waals surface area contributed by atoms with Crippen LogP contribution in [0.5, 0.6) is 0 Å². The first kappa shape index (κ1) is 23.4.